The summed E-state index contributed by atoms with van der Waals surface area (Å²) in [5.74, 6) is -1.23. The standard InChI is InChI=1S/C16H16Br2N4O4S/c1-26-13(24)6-12(23)22-16-21-9-3-2-7(4-11(9)27-16)19-15(25)10-5-8(17)14(18)20-10/h5,7,20H,2-4,6H2,1H3,(H,19,25)(H,21,22,23)/t7-/m1/s1. The molecule has 0 radical (unpaired) electrons. The smallest absolute Gasteiger partial charge is 0.315 e. The highest BCUT2D eigenvalue weighted by molar-refractivity contribution is 9.13. The fourth-order valence-electron chi connectivity index (χ4n) is 2.71. The van der Waals surface area contributed by atoms with Gasteiger partial charge in [0.25, 0.3) is 5.91 Å². The van der Waals surface area contributed by atoms with Crippen LogP contribution in [0.4, 0.5) is 5.13 Å². The van der Waals surface area contributed by atoms with Gasteiger partial charge in [-0.1, -0.05) is 0 Å². The number of H-pyrrole nitrogens is 1. The summed E-state index contributed by atoms with van der Waals surface area (Å²) in [6, 6.07) is 1.71. The van der Waals surface area contributed by atoms with E-state index in [2.05, 4.69) is 57.2 Å². The molecule has 2 aromatic heterocycles. The molecule has 8 nitrogen and oxygen atoms in total. The summed E-state index contributed by atoms with van der Waals surface area (Å²) in [5.41, 5.74) is 1.39. The Morgan fingerprint density at radius 2 is 2.19 bits per heavy atom. The Hall–Kier alpha value is -1.72. The molecule has 1 aliphatic rings. The molecular weight excluding hydrogens is 504 g/mol. The minimum Gasteiger partial charge on any atom is -0.469 e. The van der Waals surface area contributed by atoms with Gasteiger partial charge in [0.1, 0.15) is 12.1 Å². The average Bonchev–Trinajstić information content (AvgIpc) is 3.16. The van der Waals surface area contributed by atoms with Crippen LogP contribution in [0, 0.1) is 0 Å². The van der Waals surface area contributed by atoms with Crippen molar-refractivity contribution in [1.29, 1.82) is 0 Å². The summed E-state index contributed by atoms with van der Waals surface area (Å²) in [6.07, 6.45) is 1.78. The Labute approximate surface area is 175 Å². The Morgan fingerprint density at radius 1 is 1.41 bits per heavy atom. The van der Waals surface area contributed by atoms with Gasteiger partial charge in [-0.2, -0.15) is 0 Å². The summed E-state index contributed by atoms with van der Waals surface area (Å²) in [7, 11) is 1.23. The third-order valence-electron chi connectivity index (χ3n) is 4.02. The van der Waals surface area contributed by atoms with Gasteiger partial charge in [0.2, 0.25) is 5.91 Å². The highest BCUT2D eigenvalue weighted by Gasteiger charge is 2.25. The molecule has 0 unspecified atom stereocenters. The predicted molar refractivity (Wildman–Crippen MR) is 107 cm³/mol. The van der Waals surface area contributed by atoms with E-state index < -0.39 is 11.9 Å². The second kappa shape index (κ2) is 8.53. The normalized spacial score (nSPS) is 15.7. The molecule has 0 fully saturated rings. The van der Waals surface area contributed by atoms with Gasteiger partial charge < -0.3 is 20.4 Å². The van der Waals surface area contributed by atoms with Crippen LogP contribution in [0.25, 0.3) is 0 Å². The van der Waals surface area contributed by atoms with E-state index in [1.165, 1.54) is 18.4 Å². The molecule has 1 atom stereocenters. The van der Waals surface area contributed by atoms with Crippen molar-refractivity contribution in [2.75, 3.05) is 12.4 Å². The zero-order valence-corrected chi connectivity index (χ0v) is 18.2. The highest BCUT2D eigenvalue weighted by Crippen LogP contribution is 2.30. The maximum atomic E-state index is 12.4. The molecule has 0 saturated carbocycles. The van der Waals surface area contributed by atoms with E-state index in [0.717, 1.165) is 21.5 Å². The van der Waals surface area contributed by atoms with Gasteiger partial charge in [0, 0.05) is 17.3 Å². The largest absolute Gasteiger partial charge is 0.469 e. The SMILES string of the molecule is COC(=O)CC(=O)Nc1nc2c(s1)C[C@H](NC(=O)c1cc(Br)c(Br)[nH]1)CC2. The molecule has 11 heteroatoms. The number of aryl methyl sites for hydroxylation is 1. The van der Waals surface area contributed by atoms with Crippen molar-refractivity contribution in [2.45, 2.75) is 31.7 Å². The number of methoxy groups -OCH3 is 1. The Morgan fingerprint density at radius 3 is 2.85 bits per heavy atom. The number of anilines is 1. The maximum Gasteiger partial charge on any atom is 0.315 e. The number of esters is 1. The number of hydrogen-bond donors (Lipinski definition) is 3. The molecule has 0 aromatic carbocycles. The van der Waals surface area contributed by atoms with Crippen LogP contribution in [0.2, 0.25) is 0 Å². The molecule has 0 spiro atoms. The molecular formula is C16H16Br2N4O4S. The lowest BCUT2D eigenvalue weighted by atomic mass is 9.97. The molecule has 2 aromatic rings. The summed E-state index contributed by atoms with van der Waals surface area (Å²) in [6.45, 7) is 0. The molecule has 2 amide bonds. The average molecular weight is 520 g/mol. The number of ether oxygens (including phenoxy) is 1. The second-order valence-electron chi connectivity index (χ2n) is 5.95. The zero-order chi connectivity index (χ0) is 19.6. The van der Waals surface area contributed by atoms with E-state index in [1.54, 1.807) is 6.07 Å². The van der Waals surface area contributed by atoms with Crippen LogP contribution in [0.1, 0.15) is 33.9 Å². The second-order valence-corrected chi connectivity index (χ2v) is 8.68. The first-order valence-electron chi connectivity index (χ1n) is 8.05. The number of fused-ring (bicyclic) bond motifs is 1. The van der Waals surface area contributed by atoms with Crippen molar-refractivity contribution >= 4 is 66.1 Å². The molecule has 144 valence electrons. The number of thiazole rings is 1. The Kier molecular flexibility index (Phi) is 6.33. The highest BCUT2D eigenvalue weighted by atomic mass is 79.9. The first kappa shape index (κ1) is 20.0. The molecule has 27 heavy (non-hydrogen) atoms. The van der Waals surface area contributed by atoms with Crippen molar-refractivity contribution in [3.8, 4) is 0 Å². The van der Waals surface area contributed by atoms with Crippen molar-refractivity contribution in [1.82, 2.24) is 15.3 Å². The van der Waals surface area contributed by atoms with Crippen molar-refractivity contribution < 1.29 is 19.1 Å². The van der Waals surface area contributed by atoms with Crippen LogP contribution in [-0.2, 0) is 27.2 Å². The van der Waals surface area contributed by atoms with Crippen molar-refractivity contribution in [2.24, 2.45) is 0 Å². The number of carbonyl (C=O) groups excluding carboxylic acids is 3. The molecule has 0 bridgehead atoms. The molecule has 2 heterocycles. The van der Waals surface area contributed by atoms with Crippen LogP contribution in [0.5, 0.6) is 0 Å². The number of aromatic nitrogens is 2. The molecule has 1 aliphatic carbocycles. The van der Waals surface area contributed by atoms with Gasteiger partial charge in [0.05, 0.1) is 21.9 Å². The molecule has 3 rings (SSSR count). The van der Waals surface area contributed by atoms with Crippen LogP contribution >= 0.6 is 43.2 Å². The maximum absolute atomic E-state index is 12.4. The van der Waals surface area contributed by atoms with E-state index in [9.17, 15) is 14.4 Å². The van der Waals surface area contributed by atoms with Gasteiger partial charge in [-0.25, -0.2) is 4.98 Å². The lowest BCUT2D eigenvalue weighted by molar-refractivity contribution is -0.142. The van der Waals surface area contributed by atoms with E-state index >= 15 is 0 Å². The third kappa shape index (κ3) is 4.96. The van der Waals surface area contributed by atoms with Gasteiger partial charge in [-0.15, -0.1) is 11.3 Å². The van der Waals surface area contributed by atoms with Gasteiger partial charge in [-0.3, -0.25) is 14.4 Å². The lowest BCUT2D eigenvalue weighted by Gasteiger charge is -2.22. The van der Waals surface area contributed by atoms with Gasteiger partial charge in [-0.05, 0) is 50.8 Å². The Balaban J connectivity index is 1.59. The van der Waals surface area contributed by atoms with Crippen molar-refractivity contribution in [3.63, 3.8) is 0 Å². The quantitative estimate of drug-likeness (QED) is 0.415. The third-order valence-corrected chi connectivity index (χ3v) is 6.84. The summed E-state index contributed by atoms with van der Waals surface area (Å²) >= 11 is 8.03. The zero-order valence-electron chi connectivity index (χ0n) is 14.2. The number of aromatic amines is 1. The topological polar surface area (TPSA) is 113 Å². The minimum absolute atomic E-state index is 0.00933. The summed E-state index contributed by atoms with van der Waals surface area (Å²) < 4.78 is 5.97. The first-order valence-corrected chi connectivity index (χ1v) is 10.5. The molecule has 3 N–H and O–H groups in total. The monoisotopic (exact) mass is 518 g/mol. The summed E-state index contributed by atoms with van der Waals surface area (Å²) in [5, 5.41) is 6.10. The van der Waals surface area contributed by atoms with Crippen molar-refractivity contribution in [3.05, 3.63) is 31.4 Å². The first-order chi connectivity index (χ1) is 12.9. The van der Waals surface area contributed by atoms with E-state index in [-0.39, 0.29) is 18.4 Å². The molecule has 0 aliphatic heterocycles. The Bertz CT molecular complexity index is 876. The van der Waals surface area contributed by atoms with E-state index in [0.29, 0.717) is 28.3 Å². The summed E-state index contributed by atoms with van der Waals surface area (Å²) in [4.78, 5) is 43.7. The number of rotatable bonds is 5. The minimum atomic E-state index is -0.598. The lowest BCUT2D eigenvalue weighted by Crippen LogP contribution is -2.38. The number of nitrogens with zero attached hydrogens (tertiary/aromatic N) is 1. The van der Waals surface area contributed by atoms with Gasteiger partial charge >= 0.3 is 5.97 Å². The number of amides is 2. The fraction of sp³-hybridized carbons (Fsp3) is 0.375. The van der Waals surface area contributed by atoms with E-state index in [1.807, 2.05) is 0 Å². The fourth-order valence-corrected chi connectivity index (χ4v) is 4.47. The number of hydrogen-bond acceptors (Lipinski definition) is 6. The van der Waals surface area contributed by atoms with Crippen LogP contribution in [-0.4, -0.2) is 40.9 Å². The predicted octanol–water partition coefficient (Wildman–Crippen LogP) is 2.79. The number of halogens is 2. The molecule has 0 saturated heterocycles. The van der Waals surface area contributed by atoms with Crippen LogP contribution in [0.15, 0.2) is 15.1 Å². The van der Waals surface area contributed by atoms with E-state index in [4.69, 9.17) is 0 Å². The van der Waals surface area contributed by atoms with Crippen LogP contribution < -0.4 is 10.6 Å². The number of carbonyl (C=O) groups is 3. The number of nitrogens with one attached hydrogen (secondary N) is 3. The van der Waals surface area contributed by atoms with Gasteiger partial charge in [0.15, 0.2) is 5.13 Å². The van der Waals surface area contributed by atoms with Crippen LogP contribution in [0.3, 0.4) is 0 Å².